The molecule has 1 aliphatic heterocycles. The number of rotatable bonds is 6. The van der Waals surface area contributed by atoms with Crippen LogP contribution in [-0.4, -0.2) is 24.2 Å². The molecule has 1 N–H and O–H groups in total. The summed E-state index contributed by atoms with van der Waals surface area (Å²) < 4.78 is 5.68. The van der Waals surface area contributed by atoms with E-state index in [1.54, 1.807) is 11.3 Å². The third-order valence-electron chi connectivity index (χ3n) is 3.23. The van der Waals surface area contributed by atoms with E-state index < -0.39 is 0 Å². The number of aromatic nitrogens is 1. The first-order valence-electron chi connectivity index (χ1n) is 6.57. The highest BCUT2D eigenvalue weighted by molar-refractivity contribution is 7.11. The zero-order valence-corrected chi connectivity index (χ0v) is 11.6. The Morgan fingerprint density at radius 3 is 3.12 bits per heavy atom. The molecule has 4 heteroatoms. The third-order valence-corrected chi connectivity index (χ3v) is 4.26. The maximum absolute atomic E-state index is 5.68. The maximum Gasteiger partial charge on any atom is 0.0897 e. The summed E-state index contributed by atoms with van der Waals surface area (Å²) in [6.45, 7) is 6.19. The Hall–Kier alpha value is -0.450. The van der Waals surface area contributed by atoms with E-state index in [4.69, 9.17) is 4.74 Å². The van der Waals surface area contributed by atoms with E-state index in [2.05, 4.69) is 24.1 Å². The van der Waals surface area contributed by atoms with Gasteiger partial charge in [-0.1, -0.05) is 6.92 Å². The van der Waals surface area contributed by atoms with Gasteiger partial charge in [-0.05, 0) is 39.2 Å². The van der Waals surface area contributed by atoms with Crippen molar-refractivity contribution < 1.29 is 4.74 Å². The third kappa shape index (κ3) is 3.76. The lowest BCUT2D eigenvalue weighted by atomic mass is 10.1. The fraction of sp³-hybridized carbons (Fsp3) is 0.769. The molecule has 0 radical (unpaired) electrons. The van der Waals surface area contributed by atoms with Crippen molar-refractivity contribution in [2.45, 2.75) is 51.7 Å². The summed E-state index contributed by atoms with van der Waals surface area (Å²) in [5.74, 6) is 0. The largest absolute Gasteiger partial charge is 0.378 e. The lowest BCUT2D eigenvalue weighted by Crippen LogP contribution is -2.21. The number of ether oxygens (including phenoxy) is 1. The summed E-state index contributed by atoms with van der Waals surface area (Å²) in [6, 6.07) is 0.454. The topological polar surface area (TPSA) is 34.1 Å². The van der Waals surface area contributed by atoms with E-state index in [1.807, 2.05) is 6.20 Å². The highest BCUT2D eigenvalue weighted by Gasteiger charge is 2.19. The van der Waals surface area contributed by atoms with E-state index in [9.17, 15) is 0 Å². The van der Waals surface area contributed by atoms with Crippen molar-refractivity contribution in [2.24, 2.45) is 0 Å². The molecule has 0 aliphatic carbocycles. The van der Waals surface area contributed by atoms with Crippen molar-refractivity contribution in [2.75, 3.05) is 13.2 Å². The first-order valence-corrected chi connectivity index (χ1v) is 7.38. The van der Waals surface area contributed by atoms with Crippen LogP contribution < -0.4 is 5.32 Å². The van der Waals surface area contributed by atoms with Crippen LogP contribution in [0.25, 0.3) is 0 Å². The quantitative estimate of drug-likeness (QED) is 0.847. The molecule has 1 fully saturated rings. The van der Waals surface area contributed by atoms with Gasteiger partial charge in [-0.25, -0.2) is 4.98 Å². The molecule has 1 aliphatic rings. The van der Waals surface area contributed by atoms with Crippen molar-refractivity contribution in [1.29, 1.82) is 0 Å². The van der Waals surface area contributed by atoms with E-state index in [-0.39, 0.29) is 0 Å². The Morgan fingerprint density at radius 2 is 2.53 bits per heavy atom. The normalized spacial score (nSPS) is 21.9. The Labute approximate surface area is 108 Å². The van der Waals surface area contributed by atoms with Crippen LogP contribution >= 0.6 is 11.3 Å². The Morgan fingerprint density at radius 1 is 1.65 bits per heavy atom. The summed E-state index contributed by atoms with van der Waals surface area (Å²) >= 11 is 1.80. The summed E-state index contributed by atoms with van der Waals surface area (Å²) in [7, 11) is 0. The molecule has 0 saturated carbocycles. The standard InChI is InChI=1S/C13H22N2OS/c1-3-14-12(13-9-15-10(2)17-13)7-6-11-5-4-8-16-11/h9,11-12,14H,3-8H2,1-2H3. The zero-order chi connectivity index (χ0) is 12.1. The molecule has 17 heavy (non-hydrogen) atoms. The minimum Gasteiger partial charge on any atom is -0.378 e. The monoisotopic (exact) mass is 254 g/mol. The van der Waals surface area contributed by atoms with E-state index in [0.717, 1.165) is 31.0 Å². The highest BCUT2D eigenvalue weighted by atomic mass is 32.1. The lowest BCUT2D eigenvalue weighted by Gasteiger charge is -2.18. The molecule has 1 aromatic heterocycles. The van der Waals surface area contributed by atoms with Crippen LogP contribution in [0.3, 0.4) is 0 Å². The number of nitrogens with one attached hydrogen (secondary N) is 1. The van der Waals surface area contributed by atoms with Crippen molar-refractivity contribution in [3.63, 3.8) is 0 Å². The maximum atomic E-state index is 5.68. The minimum absolute atomic E-state index is 0.454. The average Bonchev–Trinajstić information content (AvgIpc) is 2.95. The lowest BCUT2D eigenvalue weighted by molar-refractivity contribution is 0.0997. The van der Waals surface area contributed by atoms with Crippen LogP contribution in [0.2, 0.25) is 0 Å². The molecule has 0 aromatic carbocycles. The summed E-state index contributed by atoms with van der Waals surface area (Å²) in [4.78, 5) is 5.71. The molecule has 3 nitrogen and oxygen atoms in total. The zero-order valence-electron chi connectivity index (χ0n) is 10.7. The second-order valence-electron chi connectivity index (χ2n) is 4.60. The molecule has 0 spiro atoms. The molecular formula is C13H22N2OS. The number of hydrogen-bond donors (Lipinski definition) is 1. The van der Waals surface area contributed by atoms with Crippen LogP contribution in [-0.2, 0) is 4.74 Å². The number of nitrogens with zero attached hydrogens (tertiary/aromatic N) is 1. The molecule has 0 amide bonds. The smallest absolute Gasteiger partial charge is 0.0897 e. The van der Waals surface area contributed by atoms with Crippen LogP contribution in [0.5, 0.6) is 0 Å². The van der Waals surface area contributed by atoms with Crippen molar-refractivity contribution in [1.82, 2.24) is 10.3 Å². The van der Waals surface area contributed by atoms with E-state index in [1.165, 1.54) is 17.7 Å². The van der Waals surface area contributed by atoms with Crippen LogP contribution in [0.1, 0.15) is 48.5 Å². The second kappa shape index (κ2) is 6.47. The molecule has 2 unspecified atom stereocenters. The van der Waals surface area contributed by atoms with Gasteiger partial charge in [-0.3, -0.25) is 0 Å². The Kier molecular flexibility index (Phi) is 4.95. The van der Waals surface area contributed by atoms with Gasteiger partial charge in [0.1, 0.15) is 0 Å². The first-order chi connectivity index (χ1) is 8.29. The Bertz CT molecular complexity index is 334. The van der Waals surface area contributed by atoms with Crippen LogP contribution in [0.4, 0.5) is 0 Å². The number of hydrogen-bond acceptors (Lipinski definition) is 4. The molecule has 1 saturated heterocycles. The van der Waals surface area contributed by atoms with Crippen molar-refractivity contribution in [3.05, 3.63) is 16.1 Å². The van der Waals surface area contributed by atoms with Gasteiger partial charge < -0.3 is 10.1 Å². The predicted molar refractivity (Wildman–Crippen MR) is 71.5 cm³/mol. The summed E-state index contributed by atoms with van der Waals surface area (Å²) in [5.41, 5.74) is 0. The Balaban J connectivity index is 1.87. The van der Waals surface area contributed by atoms with Gasteiger partial charge in [-0.2, -0.15) is 0 Å². The fourth-order valence-corrected chi connectivity index (χ4v) is 3.25. The van der Waals surface area contributed by atoms with Gasteiger partial charge in [0.2, 0.25) is 0 Å². The molecule has 96 valence electrons. The molecule has 1 aromatic rings. The second-order valence-corrected chi connectivity index (χ2v) is 5.87. The van der Waals surface area contributed by atoms with E-state index >= 15 is 0 Å². The molecule has 2 atom stereocenters. The van der Waals surface area contributed by atoms with Gasteiger partial charge in [0.05, 0.1) is 11.1 Å². The first kappa shape index (κ1) is 13.0. The van der Waals surface area contributed by atoms with Crippen LogP contribution in [0.15, 0.2) is 6.20 Å². The molecular weight excluding hydrogens is 232 g/mol. The minimum atomic E-state index is 0.454. The van der Waals surface area contributed by atoms with Crippen LogP contribution in [0, 0.1) is 6.92 Å². The van der Waals surface area contributed by atoms with Gasteiger partial charge in [0.25, 0.3) is 0 Å². The average molecular weight is 254 g/mol. The van der Waals surface area contributed by atoms with Gasteiger partial charge in [0, 0.05) is 23.7 Å². The van der Waals surface area contributed by atoms with Crippen molar-refractivity contribution >= 4 is 11.3 Å². The van der Waals surface area contributed by atoms with Gasteiger partial charge >= 0.3 is 0 Å². The summed E-state index contributed by atoms with van der Waals surface area (Å²) in [6.07, 6.45) is 7.29. The predicted octanol–water partition coefficient (Wildman–Crippen LogP) is 3.06. The van der Waals surface area contributed by atoms with Gasteiger partial charge in [0.15, 0.2) is 0 Å². The van der Waals surface area contributed by atoms with Crippen molar-refractivity contribution in [3.8, 4) is 0 Å². The SMILES string of the molecule is CCNC(CCC1CCCO1)c1cnc(C)s1. The van der Waals surface area contributed by atoms with E-state index in [0.29, 0.717) is 12.1 Å². The number of aryl methyl sites for hydroxylation is 1. The number of thiazole rings is 1. The molecule has 2 rings (SSSR count). The van der Waals surface area contributed by atoms with Gasteiger partial charge in [-0.15, -0.1) is 11.3 Å². The fourth-order valence-electron chi connectivity index (χ4n) is 2.35. The highest BCUT2D eigenvalue weighted by Crippen LogP contribution is 2.27. The molecule has 0 bridgehead atoms. The molecule has 2 heterocycles. The summed E-state index contributed by atoms with van der Waals surface area (Å²) in [5, 5.41) is 4.70.